The zero-order valence-electron chi connectivity index (χ0n) is 7.46. The molecule has 0 saturated carbocycles. The fourth-order valence-electron chi connectivity index (χ4n) is 0.817. The fraction of sp³-hybridized carbons (Fsp3) is 0.250. The van der Waals surface area contributed by atoms with Gasteiger partial charge in [-0.15, -0.1) is 5.75 Å². The van der Waals surface area contributed by atoms with Crippen LogP contribution in [0.25, 0.3) is 0 Å². The summed E-state index contributed by atoms with van der Waals surface area (Å²) in [5.41, 5.74) is 0. The van der Waals surface area contributed by atoms with Crippen LogP contribution < -0.4 is 44.1 Å². The normalized spacial score (nSPS) is 8.50. The largest absolute Gasteiger partial charge is 1.00 e. The summed E-state index contributed by atoms with van der Waals surface area (Å²) < 4.78 is 9.82. The summed E-state index contributed by atoms with van der Waals surface area (Å²) in [6.07, 6.45) is 0. The average molecular weight is 176 g/mol. The molecule has 12 heavy (non-hydrogen) atoms. The molecule has 0 bridgehead atoms. The maximum atomic E-state index is 10.8. The molecule has 0 saturated heterocycles. The Morgan fingerprint density at radius 3 is 2.17 bits per heavy atom. The van der Waals surface area contributed by atoms with Crippen molar-refractivity contribution < 1.29 is 44.1 Å². The van der Waals surface area contributed by atoms with Crippen molar-refractivity contribution in [2.45, 2.75) is 0 Å². The second-order valence-electron chi connectivity index (χ2n) is 2.02. The first-order valence-electron chi connectivity index (χ1n) is 3.17. The van der Waals surface area contributed by atoms with E-state index in [4.69, 9.17) is 9.47 Å². The third kappa shape index (κ3) is 2.59. The van der Waals surface area contributed by atoms with E-state index < -0.39 is 0 Å². The molecule has 0 aliphatic carbocycles. The maximum Gasteiger partial charge on any atom is 1.00 e. The molecule has 0 atom stereocenters. The molecule has 0 aliphatic heterocycles. The first-order valence-corrected chi connectivity index (χ1v) is 3.17. The maximum absolute atomic E-state index is 10.8. The molecule has 1 aromatic rings. The number of ether oxygens (including phenoxy) is 2. The Balaban J connectivity index is 0.00000121. The molecule has 3 nitrogen and oxygen atoms in total. The summed E-state index contributed by atoms with van der Waals surface area (Å²) in [4.78, 5) is 0. The molecule has 0 unspecified atom stereocenters. The van der Waals surface area contributed by atoms with Crippen LogP contribution in [-0.4, -0.2) is 14.2 Å². The van der Waals surface area contributed by atoms with Crippen molar-refractivity contribution >= 4 is 0 Å². The van der Waals surface area contributed by atoms with E-state index in [0.29, 0.717) is 11.5 Å². The summed E-state index contributed by atoms with van der Waals surface area (Å²) in [6, 6.07) is 4.40. The van der Waals surface area contributed by atoms with Crippen molar-refractivity contribution in [2.24, 2.45) is 0 Å². The minimum atomic E-state index is -0.0809. The summed E-state index contributed by atoms with van der Waals surface area (Å²) in [5.74, 6) is 0.967. The van der Waals surface area contributed by atoms with Crippen molar-refractivity contribution in [1.82, 2.24) is 0 Å². The van der Waals surface area contributed by atoms with E-state index in [1.54, 1.807) is 6.07 Å². The van der Waals surface area contributed by atoms with Gasteiger partial charge in [-0.25, -0.2) is 0 Å². The predicted molar refractivity (Wildman–Crippen MR) is 39.0 cm³/mol. The van der Waals surface area contributed by atoms with Gasteiger partial charge in [0.1, 0.15) is 0 Å². The van der Waals surface area contributed by atoms with Crippen LogP contribution in [0.15, 0.2) is 18.2 Å². The van der Waals surface area contributed by atoms with E-state index in [1.165, 1.54) is 26.4 Å². The van der Waals surface area contributed by atoms with Gasteiger partial charge in [0, 0.05) is 0 Å². The Morgan fingerprint density at radius 2 is 1.67 bits per heavy atom. The van der Waals surface area contributed by atoms with Crippen molar-refractivity contribution in [2.75, 3.05) is 14.2 Å². The Bertz CT molecular complexity index is 250. The van der Waals surface area contributed by atoms with E-state index in [-0.39, 0.29) is 35.3 Å². The molecule has 0 aromatic heterocycles. The van der Waals surface area contributed by atoms with Crippen LogP contribution in [0.5, 0.6) is 17.2 Å². The molecular weight excluding hydrogens is 167 g/mol. The van der Waals surface area contributed by atoms with Crippen LogP contribution in [0, 0.1) is 0 Å². The molecular formula is C8H9NaO3. The molecule has 0 spiro atoms. The molecule has 4 heteroatoms. The Morgan fingerprint density at radius 1 is 1.08 bits per heavy atom. The number of hydrogen-bond acceptors (Lipinski definition) is 3. The SMILES string of the molecule is COc1ccc([O-])cc1OC.[Na+]. The molecule has 0 amide bonds. The second kappa shape index (κ2) is 5.30. The quantitative estimate of drug-likeness (QED) is 0.479. The number of benzene rings is 1. The molecule has 0 radical (unpaired) electrons. The average Bonchev–Trinajstić information content (AvgIpc) is 2.04. The van der Waals surface area contributed by atoms with Crippen molar-refractivity contribution in [1.29, 1.82) is 0 Å². The third-order valence-corrected chi connectivity index (χ3v) is 1.36. The van der Waals surface area contributed by atoms with Gasteiger partial charge in [0.05, 0.1) is 14.2 Å². The minimum Gasteiger partial charge on any atom is -0.872 e. The van der Waals surface area contributed by atoms with Gasteiger partial charge in [-0.3, -0.25) is 0 Å². The van der Waals surface area contributed by atoms with Crippen LogP contribution in [0.3, 0.4) is 0 Å². The van der Waals surface area contributed by atoms with E-state index in [9.17, 15) is 5.11 Å². The summed E-state index contributed by atoms with van der Waals surface area (Å²) in [7, 11) is 3.03. The van der Waals surface area contributed by atoms with Gasteiger partial charge in [-0.05, 0) is 12.1 Å². The van der Waals surface area contributed by atoms with Crippen molar-refractivity contribution in [3.05, 3.63) is 18.2 Å². The van der Waals surface area contributed by atoms with E-state index in [2.05, 4.69) is 0 Å². The first-order chi connectivity index (χ1) is 5.27. The smallest absolute Gasteiger partial charge is 0.872 e. The molecule has 0 N–H and O–H groups in total. The van der Waals surface area contributed by atoms with Gasteiger partial charge >= 0.3 is 29.6 Å². The van der Waals surface area contributed by atoms with Gasteiger partial charge < -0.3 is 14.6 Å². The van der Waals surface area contributed by atoms with Crippen molar-refractivity contribution in [3.63, 3.8) is 0 Å². The number of methoxy groups -OCH3 is 2. The van der Waals surface area contributed by atoms with Crippen molar-refractivity contribution in [3.8, 4) is 17.2 Å². The van der Waals surface area contributed by atoms with E-state index >= 15 is 0 Å². The van der Waals surface area contributed by atoms with Crippen LogP contribution >= 0.6 is 0 Å². The molecule has 1 rings (SSSR count). The fourth-order valence-corrected chi connectivity index (χ4v) is 0.817. The molecule has 0 aliphatic rings. The standard InChI is InChI=1S/C8H10O3.Na/c1-10-7-4-3-6(9)5-8(7)11-2;/h3-5,9H,1-2H3;/q;+1/p-1. The molecule has 0 fully saturated rings. The monoisotopic (exact) mass is 176 g/mol. The van der Waals surface area contributed by atoms with Crippen LogP contribution in [-0.2, 0) is 0 Å². The van der Waals surface area contributed by atoms with Gasteiger partial charge in [0.15, 0.2) is 11.5 Å². The van der Waals surface area contributed by atoms with Gasteiger partial charge in [-0.1, -0.05) is 6.07 Å². The van der Waals surface area contributed by atoms with Gasteiger partial charge in [-0.2, -0.15) is 0 Å². The number of hydrogen-bond donors (Lipinski definition) is 0. The second-order valence-corrected chi connectivity index (χ2v) is 2.02. The van der Waals surface area contributed by atoms with Crippen LogP contribution in [0.4, 0.5) is 0 Å². The topological polar surface area (TPSA) is 41.5 Å². The molecule has 0 heterocycles. The van der Waals surface area contributed by atoms with Crippen LogP contribution in [0.1, 0.15) is 0 Å². The molecule has 1 aromatic carbocycles. The summed E-state index contributed by atoms with van der Waals surface area (Å²) in [6.45, 7) is 0. The predicted octanol–water partition coefficient (Wildman–Crippen LogP) is -2.22. The molecule has 60 valence electrons. The number of rotatable bonds is 2. The van der Waals surface area contributed by atoms with E-state index in [0.717, 1.165) is 0 Å². The zero-order valence-corrected chi connectivity index (χ0v) is 9.46. The Kier molecular flexibility index (Phi) is 5.13. The summed E-state index contributed by atoms with van der Waals surface area (Å²) in [5, 5.41) is 10.8. The zero-order chi connectivity index (χ0) is 8.27. The van der Waals surface area contributed by atoms with Gasteiger partial charge in [0.2, 0.25) is 0 Å². The minimum absolute atomic E-state index is 0. The third-order valence-electron chi connectivity index (χ3n) is 1.36. The van der Waals surface area contributed by atoms with Gasteiger partial charge in [0.25, 0.3) is 0 Å². The summed E-state index contributed by atoms with van der Waals surface area (Å²) >= 11 is 0. The Hall–Kier alpha value is -0.380. The van der Waals surface area contributed by atoms with E-state index in [1.807, 2.05) is 0 Å². The van der Waals surface area contributed by atoms with Crippen LogP contribution in [0.2, 0.25) is 0 Å². The first kappa shape index (κ1) is 11.6. The Labute approximate surface area is 93.6 Å².